The van der Waals surface area contributed by atoms with Gasteiger partial charge >= 0.3 is 0 Å². The molecule has 0 atom stereocenters. The number of nitriles is 1. The number of ether oxygens (including phenoxy) is 1. The van der Waals surface area contributed by atoms with Crippen molar-refractivity contribution >= 4 is 28.6 Å². The van der Waals surface area contributed by atoms with Crippen LogP contribution in [0.2, 0.25) is 5.02 Å². The highest BCUT2D eigenvalue weighted by atomic mass is 35.5. The first-order valence-corrected chi connectivity index (χ1v) is 6.54. The topological polar surface area (TPSA) is 76.9 Å². The number of imidazole rings is 1. The Kier molecular flexibility index (Phi) is 3.16. The van der Waals surface area contributed by atoms with E-state index >= 15 is 0 Å². The van der Waals surface area contributed by atoms with E-state index in [1.54, 1.807) is 35.9 Å². The predicted octanol–water partition coefficient (Wildman–Crippen LogP) is 3.14. The molecule has 0 aliphatic rings. The Labute approximate surface area is 126 Å². The lowest BCUT2D eigenvalue weighted by Crippen LogP contribution is -2.01. The normalized spacial score (nSPS) is 10.5. The third-order valence-electron chi connectivity index (χ3n) is 3.20. The number of rotatable bonds is 2. The van der Waals surface area contributed by atoms with Crippen LogP contribution in [0.1, 0.15) is 5.56 Å². The Morgan fingerprint density at radius 1 is 1.29 bits per heavy atom. The molecule has 2 aromatic carbocycles. The lowest BCUT2D eigenvalue weighted by atomic mass is 10.2. The molecule has 1 heterocycles. The van der Waals surface area contributed by atoms with Crippen LogP contribution in [0.4, 0.5) is 5.95 Å². The molecule has 0 amide bonds. The summed E-state index contributed by atoms with van der Waals surface area (Å²) < 4.78 is 6.90. The molecule has 0 saturated heterocycles. The van der Waals surface area contributed by atoms with Crippen LogP contribution in [0, 0.1) is 11.3 Å². The monoisotopic (exact) mass is 298 g/mol. The van der Waals surface area contributed by atoms with Crippen LogP contribution >= 0.6 is 11.6 Å². The first kappa shape index (κ1) is 13.3. The van der Waals surface area contributed by atoms with Crippen LogP contribution < -0.4 is 10.5 Å². The van der Waals surface area contributed by atoms with Gasteiger partial charge in [-0.05, 0) is 30.3 Å². The van der Waals surface area contributed by atoms with Gasteiger partial charge in [0.15, 0.2) is 0 Å². The number of hydrogen-bond acceptors (Lipinski definition) is 4. The van der Waals surface area contributed by atoms with Gasteiger partial charge in [0, 0.05) is 6.07 Å². The van der Waals surface area contributed by atoms with Crippen LogP contribution in [0.25, 0.3) is 16.7 Å². The molecule has 0 saturated carbocycles. The summed E-state index contributed by atoms with van der Waals surface area (Å²) in [5, 5.41) is 9.53. The fraction of sp³-hybridized carbons (Fsp3) is 0.0667. The van der Waals surface area contributed by atoms with Crippen molar-refractivity contribution in [2.45, 2.75) is 0 Å². The van der Waals surface area contributed by atoms with Crippen molar-refractivity contribution in [3.8, 4) is 17.5 Å². The number of nitrogen functional groups attached to an aromatic ring is 1. The molecule has 5 nitrogen and oxygen atoms in total. The first-order valence-electron chi connectivity index (χ1n) is 6.16. The van der Waals surface area contributed by atoms with Crippen molar-refractivity contribution in [2.75, 3.05) is 12.8 Å². The number of halogens is 1. The van der Waals surface area contributed by atoms with E-state index in [2.05, 4.69) is 11.1 Å². The van der Waals surface area contributed by atoms with Gasteiger partial charge in [-0.2, -0.15) is 5.26 Å². The minimum absolute atomic E-state index is 0.301. The van der Waals surface area contributed by atoms with Crippen LogP contribution in [0.3, 0.4) is 0 Å². The molecular weight excluding hydrogens is 288 g/mol. The van der Waals surface area contributed by atoms with Crippen molar-refractivity contribution in [1.29, 1.82) is 5.26 Å². The second kappa shape index (κ2) is 5.00. The summed E-state index contributed by atoms with van der Waals surface area (Å²) in [5.74, 6) is 0.999. The molecule has 0 bridgehead atoms. The second-order valence-electron chi connectivity index (χ2n) is 4.44. The van der Waals surface area contributed by atoms with Gasteiger partial charge in [-0.25, -0.2) is 4.98 Å². The van der Waals surface area contributed by atoms with Crippen molar-refractivity contribution in [3.63, 3.8) is 0 Å². The van der Waals surface area contributed by atoms with E-state index in [0.717, 1.165) is 5.52 Å². The quantitative estimate of drug-likeness (QED) is 0.788. The van der Waals surface area contributed by atoms with Gasteiger partial charge < -0.3 is 10.5 Å². The minimum Gasteiger partial charge on any atom is -0.497 e. The summed E-state index contributed by atoms with van der Waals surface area (Å²) in [4.78, 5) is 4.31. The van der Waals surface area contributed by atoms with Gasteiger partial charge in [0.05, 0.1) is 40.5 Å². The number of hydrogen-bond donors (Lipinski definition) is 1. The average Bonchev–Trinajstić information content (AvgIpc) is 2.82. The highest BCUT2D eigenvalue weighted by Crippen LogP contribution is 2.30. The van der Waals surface area contributed by atoms with E-state index in [1.807, 2.05) is 12.1 Å². The Balaban J connectivity index is 2.30. The lowest BCUT2D eigenvalue weighted by Gasteiger charge is -2.09. The number of fused-ring (bicyclic) bond motifs is 1. The molecule has 0 aliphatic carbocycles. The molecule has 3 rings (SSSR count). The number of aromatic nitrogens is 2. The Morgan fingerprint density at radius 3 is 2.81 bits per heavy atom. The molecule has 0 spiro atoms. The molecular formula is C15H11ClN4O. The van der Waals surface area contributed by atoms with E-state index in [9.17, 15) is 0 Å². The van der Waals surface area contributed by atoms with Crippen molar-refractivity contribution in [1.82, 2.24) is 9.55 Å². The van der Waals surface area contributed by atoms with Gasteiger partial charge in [0.2, 0.25) is 5.95 Å². The molecule has 1 aromatic heterocycles. The van der Waals surface area contributed by atoms with Gasteiger partial charge in [0.25, 0.3) is 0 Å². The Morgan fingerprint density at radius 2 is 2.10 bits per heavy atom. The third-order valence-corrected chi connectivity index (χ3v) is 3.52. The molecule has 6 heteroatoms. The van der Waals surface area contributed by atoms with E-state index in [-0.39, 0.29) is 0 Å². The molecule has 0 aliphatic heterocycles. The largest absolute Gasteiger partial charge is 0.497 e. The Bertz CT molecular complexity index is 879. The zero-order chi connectivity index (χ0) is 15.0. The summed E-state index contributed by atoms with van der Waals surface area (Å²) in [6.45, 7) is 0. The molecule has 21 heavy (non-hydrogen) atoms. The van der Waals surface area contributed by atoms with Crippen molar-refractivity contribution < 1.29 is 4.74 Å². The third kappa shape index (κ3) is 2.16. The molecule has 0 fully saturated rings. The van der Waals surface area contributed by atoms with Crippen LogP contribution in [0.5, 0.6) is 5.75 Å². The number of nitrogens with two attached hydrogens (primary N) is 1. The summed E-state index contributed by atoms with van der Waals surface area (Å²) in [5.41, 5.74) is 8.63. The number of methoxy groups -OCH3 is 1. The van der Waals surface area contributed by atoms with Gasteiger partial charge in [-0.15, -0.1) is 0 Å². The molecule has 104 valence electrons. The summed E-state index contributed by atoms with van der Waals surface area (Å²) >= 11 is 6.24. The summed E-state index contributed by atoms with van der Waals surface area (Å²) in [6.07, 6.45) is 0. The van der Waals surface area contributed by atoms with Gasteiger partial charge in [0.1, 0.15) is 5.75 Å². The van der Waals surface area contributed by atoms with E-state index < -0.39 is 0 Å². The maximum atomic E-state index is 9.04. The van der Waals surface area contributed by atoms with E-state index in [4.69, 9.17) is 27.3 Å². The highest BCUT2D eigenvalue weighted by molar-refractivity contribution is 6.32. The SMILES string of the molecule is COc1ccc2c(c1)nc(N)n2-c1cc(C#N)ccc1Cl. The van der Waals surface area contributed by atoms with Gasteiger partial charge in [-0.1, -0.05) is 11.6 Å². The van der Waals surface area contributed by atoms with Crippen LogP contribution in [-0.2, 0) is 0 Å². The fourth-order valence-corrected chi connectivity index (χ4v) is 2.41. The second-order valence-corrected chi connectivity index (χ2v) is 4.85. The maximum absolute atomic E-state index is 9.04. The molecule has 2 N–H and O–H groups in total. The zero-order valence-corrected chi connectivity index (χ0v) is 11.9. The fourth-order valence-electron chi connectivity index (χ4n) is 2.21. The first-order chi connectivity index (χ1) is 10.1. The zero-order valence-electron chi connectivity index (χ0n) is 11.2. The average molecular weight is 299 g/mol. The van der Waals surface area contributed by atoms with Crippen LogP contribution in [-0.4, -0.2) is 16.7 Å². The molecule has 0 unspecified atom stereocenters. The van der Waals surface area contributed by atoms with Gasteiger partial charge in [-0.3, -0.25) is 4.57 Å². The lowest BCUT2D eigenvalue weighted by molar-refractivity contribution is 0.415. The standard InChI is InChI=1S/C15H11ClN4O/c1-21-10-3-5-13-12(7-10)19-15(18)20(13)14-6-9(8-17)2-4-11(14)16/h2-7H,1H3,(H2,18,19). The number of anilines is 1. The number of nitrogens with zero attached hydrogens (tertiary/aromatic N) is 3. The predicted molar refractivity (Wildman–Crippen MR) is 81.8 cm³/mol. The van der Waals surface area contributed by atoms with Crippen molar-refractivity contribution in [2.24, 2.45) is 0 Å². The highest BCUT2D eigenvalue weighted by Gasteiger charge is 2.14. The smallest absolute Gasteiger partial charge is 0.205 e. The van der Waals surface area contributed by atoms with E-state index in [1.165, 1.54) is 0 Å². The van der Waals surface area contributed by atoms with Crippen LogP contribution in [0.15, 0.2) is 36.4 Å². The molecule has 0 radical (unpaired) electrons. The minimum atomic E-state index is 0.301. The summed E-state index contributed by atoms with van der Waals surface area (Å²) in [7, 11) is 1.59. The van der Waals surface area contributed by atoms with E-state index in [0.29, 0.717) is 33.5 Å². The van der Waals surface area contributed by atoms with Crippen molar-refractivity contribution in [3.05, 3.63) is 47.0 Å². The molecule has 3 aromatic rings. The summed E-state index contributed by atoms with van der Waals surface area (Å²) in [6, 6.07) is 12.6. The number of benzene rings is 2. The Hall–Kier alpha value is -2.71. The maximum Gasteiger partial charge on any atom is 0.205 e.